The van der Waals surface area contributed by atoms with Crippen molar-refractivity contribution in [3.8, 4) is 11.4 Å². The third-order valence-corrected chi connectivity index (χ3v) is 3.07. The summed E-state index contributed by atoms with van der Waals surface area (Å²) in [4.78, 5) is 0. The molecule has 0 radical (unpaired) electrons. The van der Waals surface area contributed by atoms with Crippen LogP contribution in [0.1, 0.15) is 5.56 Å². The van der Waals surface area contributed by atoms with Crippen LogP contribution in [0.3, 0.4) is 0 Å². The van der Waals surface area contributed by atoms with Gasteiger partial charge in [-0.2, -0.15) is 0 Å². The molecule has 0 aliphatic rings. The van der Waals surface area contributed by atoms with Gasteiger partial charge in [-0.3, -0.25) is 4.40 Å². The van der Waals surface area contributed by atoms with E-state index in [2.05, 4.69) is 23.2 Å². The summed E-state index contributed by atoms with van der Waals surface area (Å²) in [7, 11) is 0. The topological polar surface area (TPSA) is 30.2 Å². The SMILES string of the molecule is Cc1ccccc1-c1nnc2c(Cl)cccn12. The zero-order valence-corrected chi connectivity index (χ0v) is 10.0. The highest BCUT2D eigenvalue weighted by Crippen LogP contribution is 2.24. The van der Waals surface area contributed by atoms with Crippen LogP contribution in [0.5, 0.6) is 0 Å². The first-order chi connectivity index (χ1) is 8.27. The fraction of sp³-hybridized carbons (Fsp3) is 0.0769. The molecule has 1 aromatic carbocycles. The average Bonchev–Trinajstić information content (AvgIpc) is 2.75. The van der Waals surface area contributed by atoms with Crippen molar-refractivity contribution in [1.82, 2.24) is 14.6 Å². The summed E-state index contributed by atoms with van der Waals surface area (Å²) in [6, 6.07) is 11.8. The number of rotatable bonds is 1. The van der Waals surface area contributed by atoms with Gasteiger partial charge in [-0.1, -0.05) is 35.9 Å². The molecular formula is C13H10ClN3. The van der Waals surface area contributed by atoms with Gasteiger partial charge in [0.2, 0.25) is 0 Å². The molecule has 0 aliphatic heterocycles. The van der Waals surface area contributed by atoms with Crippen molar-refractivity contribution in [1.29, 1.82) is 0 Å². The summed E-state index contributed by atoms with van der Waals surface area (Å²) >= 11 is 6.07. The smallest absolute Gasteiger partial charge is 0.179 e. The zero-order valence-electron chi connectivity index (χ0n) is 9.26. The lowest BCUT2D eigenvalue weighted by molar-refractivity contribution is 1.11. The third-order valence-electron chi connectivity index (χ3n) is 2.77. The summed E-state index contributed by atoms with van der Waals surface area (Å²) < 4.78 is 1.91. The largest absolute Gasteiger partial charge is 0.281 e. The Balaban J connectivity index is 2.33. The lowest BCUT2D eigenvalue weighted by Crippen LogP contribution is -1.91. The average molecular weight is 244 g/mol. The summed E-state index contributed by atoms with van der Waals surface area (Å²) in [6.45, 7) is 2.06. The van der Waals surface area contributed by atoms with E-state index in [9.17, 15) is 0 Å². The highest BCUT2D eigenvalue weighted by atomic mass is 35.5. The minimum Gasteiger partial charge on any atom is -0.281 e. The fourth-order valence-electron chi connectivity index (χ4n) is 1.89. The summed E-state index contributed by atoms with van der Waals surface area (Å²) in [5.41, 5.74) is 2.93. The van der Waals surface area contributed by atoms with E-state index in [0.29, 0.717) is 10.7 Å². The molecular weight excluding hydrogens is 234 g/mol. The van der Waals surface area contributed by atoms with Gasteiger partial charge in [0, 0.05) is 11.8 Å². The first kappa shape index (κ1) is 10.3. The summed E-state index contributed by atoms with van der Waals surface area (Å²) in [5, 5.41) is 8.94. The van der Waals surface area contributed by atoms with Gasteiger partial charge in [-0.15, -0.1) is 10.2 Å². The first-order valence-corrected chi connectivity index (χ1v) is 5.70. The van der Waals surface area contributed by atoms with Crippen LogP contribution in [0.2, 0.25) is 5.02 Å². The number of hydrogen-bond donors (Lipinski definition) is 0. The molecule has 0 atom stereocenters. The molecule has 17 heavy (non-hydrogen) atoms. The number of benzene rings is 1. The normalized spacial score (nSPS) is 10.9. The Morgan fingerprint density at radius 3 is 2.71 bits per heavy atom. The number of fused-ring (bicyclic) bond motifs is 1. The van der Waals surface area contributed by atoms with E-state index in [1.165, 1.54) is 5.56 Å². The molecule has 84 valence electrons. The van der Waals surface area contributed by atoms with Crippen LogP contribution in [0.4, 0.5) is 0 Å². The van der Waals surface area contributed by atoms with Gasteiger partial charge in [-0.25, -0.2) is 0 Å². The molecule has 3 aromatic rings. The Morgan fingerprint density at radius 2 is 1.88 bits per heavy atom. The molecule has 0 unspecified atom stereocenters. The molecule has 0 fully saturated rings. The minimum absolute atomic E-state index is 0.611. The van der Waals surface area contributed by atoms with Crippen molar-refractivity contribution in [2.75, 3.05) is 0 Å². The van der Waals surface area contributed by atoms with Crippen molar-refractivity contribution in [2.24, 2.45) is 0 Å². The van der Waals surface area contributed by atoms with E-state index in [1.54, 1.807) is 0 Å². The molecule has 0 saturated heterocycles. The zero-order chi connectivity index (χ0) is 11.8. The molecule has 2 heterocycles. The first-order valence-electron chi connectivity index (χ1n) is 5.32. The Hall–Kier alpha value is -1.87. The van der Waals surface area contributed by atoms with E-state index in [4.69, 9.17) is 11.6 Å². The Kier molecular flexibility index (Phi) is 2.34. The molecule has 3 rings (SSSR count). The van der Waals surface area contributed by atoms with Crippen molar-refractivity contribution >= 4 is 17.2 Å². The van der Waals surface area contributed by atoms with Crippen molar-refractivity contribution < 1.29 is 0 Å². The lowest BCUT2D eigenvalue weighted by atomic mass is 10.1. The van der Waals surface area contributed by atoms with Gasteiger partial charge in [0.15, 0.2) is 11.5 Å². The third kappa shape index (κ3) is 1.59. The molecule has 0 saturated carbocycles. The molecule has 0 aliphatic carbocycles. The van der Waals surface area contributed by atoms with Crippen LogP contribution < -0.4 is 0 Å². The maximum Gasteiger partial charge on any atom is 0.179 e. The predicted molar refractivity (Wildman–Crippen MR) is 68.2 cm³/mol. The number of pyridine rings is 1. The van der Waals surface area contributed by atoms with Gasteiger partial charge in [-0.05, 0) is 24.6 Å². The van der Waals surface area contributed by atoms with E-state index < -0.39 is 0 Å². The van der Waals surface area contributed by atoms with Crippen molar-refractivity contribution in [3.05, 3.63) is 53.2 Å². The highest BCUT2D eigenvalue weighted by Gasteiger charge is 2.11. The quantitative estimate of drug-likeness (QED) is 0.656. The standard InChI is InChI=1S/C13H10ClN3/c1-9-5-2-3-6-10(9)12-15-16-13-11(14)7-4-8-17(12)13/h2-8H,1H3. The van der Waals surface area contributed by atoms with Gasteiger partial charge >= 0.3 is 0 Å². The maximum absolute atomic E-state index is 6.07. The van der Waals surface area contributed by atoms with Gasteiger partial charge < -0.3 is 0 Å². The number of hydrogen-bond acceptors (Lipinski definition) is 2. The fourth-order valence-corrected chi connectivity index (χ4v) is 2.09. The lowest BCUT2D eigenvalue weighted by Gasteiger charge is -2.03. The molecule has 4 heteroatoms. The van der Waals surface area contributed by atoms with E-state index in [-0.39, 0.29) is 0 Å². The second-order valence-corrected chi connectivity index (χ2v) is 4.30. The van der Waals surface area contributed by atoms with E-state index >= 15 is 0 Å². The van der Waals surface area contributed by atoms with Crippen molar-refractivity contribution in [2.45, 2.75) is 6.92 Å². The highest BCUT2D eigenvalue weighted by molar-refractivity contribution is 6.33. The summed E-state index contributed by atoms with van der Waals surface area (Å²) in [5.74, 6) is 0.820. The number of halogens is 1. The molecule has 2 aromatic heterocycles. The van der Waals surface area contributed by atoms with Crippen molar-refractivity contribution in [3.63, 3.8) is 0 Å². The molecule has 0 amide bonds. The van der Waals surface area contributed by atoms with Gasteiger partial charge in [0.05, 0.1) is 5.02 Å². The molecule has 3 nitrogen and oxygen atoms in total. The van der Waals surface area contributed by atoms with Crippen LogP contribution >= 0.6 is 11.6 Å². The number of aryl methyl sites for hydroxylation is 1. The Morgan fingerprint density at radius 1 is 1.06 bits per heavy atom. The predicted octanol–water partition coefficient (Wildman–Crippen LogP) is 3.36. The van der Waals surface area contributed by atoms with Gasteiger partial charge in [0.25, 0.3) is 0 Å². The molecule has 0 spiro atoms. The second-order valence-electron chi connectivity index (χ2n) is 3.89. The van der Waals surface area contributed by atoms with Crippen LogP contribution in [0.15, 0.2) is 42.6 Å². The van der Waals surface area contributed by atoms with Crippen LogP contribution in [0, 0.1) is 6.92 Å². The monoisotopic (exact) mass is 243 g/mol. The van der Waals surface area contributed by atoms with Gasteiger partial charge in [0.1, 0.15) is 0 Å². The maximum atomic E-state index is 6.07. The van der Waals surface area contributed by atoms with Crippen LogP contribution in [-0.2, 0) is 0 Å². The number of aromatic nitrogens is 3. The molecule has 0 N–H and O–H groups in total. The minimum atomic E-state index is 0.611. The second kappa shape index (κ2) is 3.86. The number of nitrogens with zero attached hydrogens (tertiary/aromatic N) is 3. The van der Waals surface area contributed by atoms with E-state index in [0.717, 1.165) is 11.4 Å². The van der Waals surface area contributed by atoms with Crippen LogP contribution in [-0.4, -0.2) is 14.6 Å². The van der Waals surface area contributed by atoms with Crippen LogP contribution in [0.25, 0.3) is 17.0 Å². The summed E-state index contributed by atoms with van der Waals surface area (Å²) in [6.07, 6.45) is 1.92. The van der Waals surface area contributed by atoms with E-state index in [1.807, 2.05) is 40.9 Å². The molecule has 0 bridgehead atoms. The Bertz CT molecular complexity index is 688. The Labute approximate surface area is 104 Å².